The van der Waals surface area contributed by atoms with Crippen LogP contribution in [0, 0.1) is 0 Å². The van der Waals surface area contributed by atoms with E-state index in [1.54, 1.807) is 0 Å². The van der Waals surface area contributed by atoms with Crippen molar-refractivity contribution in [1.29, 1.82) is 0 Å². The molecule has 5 nitrogen and oxygen atoms in total. The lowest BCUT2D eigenvalue weighted by Crippen LogP contribution is -2.35. The molecule has 0 saturated carbocycles. The Kier molecular flexibility index (Phi) is 2.88. The maximum absolute atomic E-state index is 11.8. The van der Waals surface area contributed by atoms with Gasteiger partial charge in [0.15, 0.2) is 0 Å². The lowest BCUT2D eigenvalue weighted by molar-refractivity contribution is 0.522. The first-order valence-electron chi connectivity index (χ1n) is 4.84. The van der Waals surface area contributed by atoms with Crippen molar-refractivity contribution in [1.82, 2.24) is 14.9 Å². The molecule has 1 unspecified atom stereocenters. The topological polar surface area (TPSA) is 74.8 Å². The quantitative estimate of drug-likeness (QED) is 0.750. The smallest absolute Gasteiger partial charge is 0.243 e. The van der Waals surface area contributed by atoms with Gasteiger partial charge in [-0.25, -0.2) is 13.1 Å². The van der Waals surface area contributed by atoms with Crippen LogP contribution < -0.4 is 4.72 Å². The number of aromatic nitrogens is 2. The second-order valence-electron chi connectivity index (χ2n) is 3.54. The number of nitrogens with zero attached hydrogens (tertiary/aromatic N) is 1. The zero-order chi connectivity index (χ0) is 10.7. The minimum atomic E-state index is -3.39. The number of hydrogen-bond acceptors (Lipinski definition) is 3. The molecule has 2 rings (SSSR count). The number of sulfonamides is 1. The van der Waals surface area contributed by atoms with Crippen LogP contribution in [0.25, 0.3) is 0 Å². The van der Waals surface area contributed by atoms with Crippen LogP contribution in [-0.4, -0.2) is 24.7 Å². The van der Waals surface area contributed by atoms with Crippen LogP contribution in [0.1, 0.15) is 19.3 Å². The summed E-state index contributed by atoms with van der Waals surface area (Å²) in [5.41, 5.74) is 0. The summed E-state index contributed by atoms with van der Waals surface area (Å²) in [6.45, 7) is 0. The molecule has 0 saturated heterocycles. The molecule has 1 atom stereocenters. The Balaban J connectivity index is 2.08. The second kappa shape index (κ2) is 4.16. The van der Waals surface area contributed by atoms with Crippen molar-refractivity contribution in [2.24, 2.45) is 0 Å². The molecule has 1 aromatic rings. The van der Waals surface area contributed by atoms with Gasteiger partial charge < -0.3 is 0 Å². The fraction of sp³-hybridized carbons (Fsp3) is 0.444. The molecule has 6 heteroatoms. The average Bonchev–Trinajstić information content (AvgIpc) is 2.71. The van der Waals surface area contributed by atoms with Gasteiger partial charge in [0.05, 0.1) is 6.20 Å². The van der Waals surface area contributed by atoms with Crippen LogP contribution in [0.2, 0.25) is 0 Å². The summed E-state index contributed by atoms with van der Waals surface area (Å²) >= 11 is 0. The van der Waals surface area contributed by atoms with E-state index in [4.69, 9.17) is 0 Å². The number of rotatable bonds is 3. The molecule has 0 aliphatic heterocycles. The van der Waals surface area contributed by atoms with Crippen LogP contribution in [0.15, 0.2) is 29.4 Å². The predicted molar refractivity (Wildman–Crippen MR) is 55.7 cm³/mol. The number of H-pyrrole nitrogens is 1. The van der Waals surface area contributed by atoms with E-state index < -0.39 is 10.0 Å². The number of nitrogens with one attached hydrogen (secondary N) is 2. The van der Waals surface area contributed by atoms with Crippen LogP contribution in [0.4, 0.5) is 0 Å². The molecule has 1 aliphatic carbocycles. The highest BCUT2D eigenvalue weighted by Gasteiger charge is 2.20. The van der Waals surface area contributed by atoms with Gasteiger partial charge in [-0.3, -0.25) is 5.10 Å². The zero-order valence-electron chi connectivity index (χ0n) is 8.18. The van der Waals surface area contributed by atoms with Crippen molar-refractivity contribution in [3.8, 4) is 0 Å². The monoisotopic (exact) mass is 227 g/mol. The third-order valence-corrected chi connectivity index (χ3v) is 3.86. The molecule has 1 aromatic heterocycles. The lowest BCUT2D eigenvalue weighted by Gasteiger charge is -2.18. The Morgan fingerprint density at radius 3 is 2.93 bits per heavy atom. The Morgan fingerprint density at radius 1 is 1.47 bits per heavy atom. The largest absolute Gasteiger partial charge is 0.284 e. The van der Waals surface area contributed by atoms with E-state index >= 15 is 0 Å². The molecule has 0 radical (unpaired) electrons. The summed E-state index contributed by atoms with van der Waals surface area (Å²) < 4.78 is 26.2. The molecule has 2 N–H and O–H groups in total. The van der Waals surface area contributed by atoms with Gasteiger partial charge in [-0.1, -0.05) is 12.2 Å². The van der Waals surface area contributed by atoms with E-state index in [9.17, 15) is 8.42 Å². The van der Waals surface area contributed by atoms with Crippen molar-refractivity contribution in [2.75, 3.05) is 0 Å². The second-order valence-corrected chi connectivity index (χ2v) is 5.25. The van der Waals surface area contributed by atoms with E-state index in [1.807, 2.05) is 6.08 Å². The Hall–Kier alpha value is -1.14. The normalized spacial score (nSPS) is 21.7. The minimum Gasteiger partial charge on any atom is -0.284 e. The van der Waals surface area contributed by atoms with Crippen LogP contribution in [-0.2, 0) is 10.0 Å². The maximum Gasteiger partial charge on any atom is 0.243 e. The summed E-state index contributed by atoms with van der Waals surface area (Å²) in [4.78, 5) is 0.192. The van der Waals surface area contributed by atoms with Gasteiger partial charge in [0.25, 0.3) is 0 Å². The standard InChI is InChI=1S/C9H13N3O2S/c13-15(14,9-6-10-11-7-9)12-8-4-2-1-3-5-8/h1-2,6-8,12H,3-5H2,(H,10,11). The molecule has 82 valence electrons. The van der Waals surface area contributed by atoms with Crippen molar-refractivity contribution in [3.63, 3.8) is 0 Å². The lowest BCUT2D eigenvalue weighted by atomic mass is 10.0. The molecule has 0 spiro atoms. The van der Waals surface area contributed by atoms with Gasteiger partial charge in [0.1, 0.15) is 4.90 Å². The van der Waals surface area contributed by atoms with Crippen LogP contribution >= 0.6 is 0 Å². The van der Waals surface area contributed by atoms with Gasteiger partial charge in [-0.15, -0.1) is 0 Å². The molecular formula is C9H13N3O2S. The van der Waals surface area contributed by atoms with Gasteiger partial charge in [0.2, 0.25) is 10.0 Å². The molecule has 15 heavy (non-hydrogen) atoms. The highest BCUT2D eigenvalue weighted by atomic mass is 32.2. The zero-order valence-corrected chi connectivity index (χ0v) is 9.00. The van der Waals surface area contributed by atoms with Gasteiger partial charge in [-0.05, 0) is 19.3 Å². The van der Waals surface area contributed by atoms with Gasteiger partial charge in [0, 0.05) is 12.2 Å². The molecule has 1 aliphatic rings. The van der Waals surface area contributed by atoms with Crippen molar-refractivity contribution < 1.29 is 8.42 Å². The predicted octanol–water partition coefficient (Wildman–Crippen LogP) is 0.797. The Bertz CT molecular complexity index is 436. The van der Waals surface area contributed by atoms with E-state index in [1.165, 1.54) is 12.4 Å². The molecule has 0 aromatic carbocycles. The fourth-order valence-electron chi connectivity index (χ4n) is 1.57. The Morgan fingerprint density at radius 2 is 2.33 bits per heavy atom. The first kappa shape index (κ1) is 10.4. The third-order valence-electron chi connectivity index (χ3n) is 2.37. The van der Waals surface area contributed by atoms with E-state index in [2.05, 4.69) is 21.0 Å². The number of aromatic amines is 1. The molecule has 0 fully saturated rings. The molecule has 0 bridgehead atoms. The van der Waals surface area contributed by atoms with Crippen molar-refractivity contribution in [3.05, 3.63) is 24.5 Å². The van der Waals surface area contributed by atoms with Crippen molar-refractivity contribution >= 4 is 10.0 Å². The van der Waals surface area contributed by atoms with Gasteiger partial charge >= 0.3 is 0 Å². The minimum absolute atomic E-state index is 0.00917. The highest BCUT2D eigenvalue weighted by Crippen LogP contribution is 2.14. The highest BCUT2D eigenvalue weighted by molar-refractivity contribution is 7.89. The number of allylic oxidation sites excluding steroid dienone is 1. The molecular weight excluding hydrogens is 214 g/mol. The molecule has 0 amide bonds. The van der Waals surface area contributed by atoms with Crippen molar-refractivity contribution in [2.45, 2.75) is 30.2 Å². The molecule has 1 heterocycles. The maximum atomic E-state index is 11.8. The summed E-state index contributed by atoms with van der Waals surface area (Å²) in [5.74, 6) is 0. The van der Waals surface area contributed by atoms with Crippen LogP contribution in [0.3, 0.4) is 0 Å². The summed E-state index contributed by atoms with van der Waals surface area (Å²) in [6, 6.07) is 0.00917. The summed E-state index contributed by atoms with van der Waals surface area (Å²) in [5, 5.41) is 6.11. The Labute approximate surface area is 88.6 Å². The van der Waals surface area contributed by atoms with E-state index in [0.29, 0.717) is 0 Å². The summed E-state index contributed by atoms with van der Waals surface area (Å²) in [6.07, 6.45) is 9.31. The van der Waals surface area contributed by atoms with Gasteiger partial charge in [-0.2, -0.15) is 5.10 Å². The first-order valence-corrected chi connectivity index (χ1v) is 6.33. The average molecular weight is 227 g/mol. The summed E-state index contributed by atoms with van der Waals surface area (Å²) in [7, 11) is -3.39. The van der Waals surface area contributed by atoms with E-state index in [-0.39, 0.29) is 10.9 Å². The first-order chi connectivity index (χ1) is 7.18. The third kappa shape index (κ3) is 2.45. The van der Waals surface area contributed by atoms with E-state index in [0.717, 1.165) is 19.3 Å². The SMILES string of the molecule is O=S(=O)(NC1CC=CCC1)c1cn[nH]c1. The van der Waals surface area contributed by atoms with Crippen LogP contribution in [0.5, 0.6) is 0 Å². The fourth-order valence-corrected chi connectivity index (χ4v) is 2.76. The number of hydrogen-bond donors (Lipinski definition) is 2.